The molecule has 0 fully saturated rings. The second kappa shape index (κ2) is 7.08. The number of nitrogens with zero attached hydrogens (tertiary/aromatic N) is 1. The summed E-state index contributed by atoms with van der Waals surface area (Å²) in [5, 5.41) is 0. The van der Waals surface area contributed by atoms with E-state index >= 15 is 0 Å². The topological polar surface area (TPSA) is 3.24 Å². The first-order valence-corrected chi connectivity index (χ1v) is 6.93. The van der Waals surface area contributed by atoms with Gasteiger partial charge < -0.3 is 4.90 Å². The molecule has 0 bridgehead atoms. The van der Waals surface area contributed by atoms with E-state index in [4.69, 9.17) is 0 Å². The molecule has 0 saturated heterocycles. The molecule has 0 saturated carbocycles. The standard InChI is InChI=1S/C14H29N.C2H6/c1-10-11(13(2,3)4)12(15(8)9)14(5,6)7;1-2/h10H2,1-9H3;1-2H3/b12-11+;. The van der Waals surface area contributed by atoms with E-state index in [0.29, 0.717) is 0 Å². The van der Waals surface area contributed by atoms with Crippen LogP contribution in [-0.2, 0) is 0 Å². The van der Waals surface area contributed by atoms with E-state index in [9.17, 15) is 0 Å². The van der Waals surface area contributed by atoms with E-state index < -0.39 is 0 Å². The third kappa shape index (κ3) is 6.14. The molecule has 0 aliphatic heterocycles. The van der Waals surface area contributed by atoms with Crippen molar-refractivity contribution in [3.05, 3.63) is 11.3 Å². The maximum absolute atomic E-state index is 2.31. The molecule has 0 unspecified atom stereocenters. The predicted octanol–water partition coefficient (Wildman–Crippen LogP) is 5.33. The minimum atomic E-state index is 0.224. The molecule has 17 heavy (non-hydrogen) atoms. The first-order valence-electron chi connectivity index (χ1n) is 6.93. The van der Waals surface area contributed by atoms with Crippen molar-refractivity contribution >= 4 is 0 Å². The molecule has 0 aliphatic carbocycles. The van der Waals surface area contributed by atoms with Crippen molar-refractivity contribution in [2.24, 2.45) is 10.8 Å². The Hall–Kier alpha value is -0.460. The molecule has 0 aromatic heterocycles. The van der Waals surface area contributed by atoms with Crippen LogP contribution < -0.4 is 0 Å². The minimum absolute atomic E-state index is 0.224. The molecule has 0 rings (SSSR count). The van der Waals surface area contributed by atoms with Gasteiger partial charge in [-0.05, 0) is 17.4 Å². The van der Waals surface area contributed by atoms with Crippen molar-refractivity contribution in [3.8, 4) is 0 Å². The van der Waals surface area contributed by atoms with Gasteiger partial charge in [-0.3, -0.25) is 0 Å². The van der Waals surface area contributed by atoms with Crippen molar-refractivity contribution in [3.63, 3.8) is 0 Å². The highest BCUT2D eigenvalue weighted by Gasteiger charge is 2.27. The first kappa shape index (κ1) is 18.9. The number of hydrogen-bond acceptors (Lipinski definition) is 1. The molecule has 0 spiro atoms. The summed E-state index contributed by atoms with van der Waals surface area (Å²) in [5.41, 5.74) is 3.54. The van der Waals surface area contributed by atoms with Gasteiger partial charge in [-0.25, -0.2) is 0 Å². The van der Waals surface area contributed by atoms with E-state index in [1.165, 1.54) is 5.70 Å². The van der Waals surface area contributed by atoms with Crippen LogP contribution in [0.15, 0.2) is 11.3 Å². The van der Waals surface area contributed by atoms with Gasteiger partial charge in [0, 0.05) is 25.2 Å². The zero-order valence-electron chi connectivity index (χ0n) is 14.2. The van der Waals surface area contributed by atoms with Crippen LogP contribution in [0.1, 0.15) is 68.7 Å². The van der Waals surface area contributed by atoms with E-state index in [2.05, 4.69) is 67.5 Å². The van der Waals surface area contributed by atoms with Crippen LogP contribution in [0.2, 0.25) is 0 Å². The monoisotopic (exact) mass is 241 g/mol. The van der Waals surface area contributed by atoms with Crippen LogP contribution in [0.25, 0.3) is 0 Å². The molecular formula is C16H35N. The molecule has 0 aromatic rings. The van der Waals surface area contributed by atoms with Crippen LogP contribution in [0.4, 0.5) is 0 Å². The molecule has 0 aromatic carbocycles. The Balaban J connectivity index is 0. The average Bonchev–Trinajstić information content (AvgIpc) is 2.12. The van der Waals surface area contributed by atoms with E-state index in [0.717, 1.165) is 6.42 Å². The van der Waals surface area contributed by atoms with Crippen molar-refractivity contribution in [1.29, 1.82) is 0 Å². The van der Waals surface area contributed by atoms with Crippen LogP contribution in [-0.4, -0.2) is 19.0 Å². The van der Waals surface area contributed by atoms with E-state index in [1.807, 2.05) is 13.8 Å². The summed E-state index contributed by atoms with van der Waals surface area (Å²) >= 11 is 0. The van der Waals surface area contributed by atoms with Crippen molar-refractivity contribution in [2.45, 2.75) is 68.7 Å². The zero-order valence-corrected chi connectivity index (χ0v) is 14.2. The highest BCUT2D eigenvalue weighted by molar-refractivity contribution is 5.23. The highest BCUT2D eigenvalue weighted by Crippen LogP contribution is 2.38. The Morgan fingerprint density at radius 1 is 0.824 bits per heavy atom. The van der Waals surface area contributed by atoms with Gasteiger partial charge in [0.15, 0.2) is 0 Å². The van der Waals surface area contributed by atoms with Gasteiger partial charge in [0.2, 0.25) is 0 Å². The minimum Gasteiger partial charge on any atom is -0.381 e. The van der Waals surface area contributed by atoms with Crippen LogP contribution in [0, 0.1) is 10.8 Å². The van der Waals surface area contributed by atoms with Crippen LogP contribution in [0.3, 0.4) is 0 Å². The fraction of sp³-hybridized carbons (Fsp3) is 0.875. The van der Waals surface area contributed by atoms with Gasteiger partial charge >= 0.3 is 0 Å². The lowest BCUT2D eigenvalue weighted by Gasteiger charge is -2.37. The number of rotatable bonds is 2. The summed E-state index contributed by atoms with van der Waals surface area (Å²) < 4.78 is 0. The Bertz CT molecular complexity index is 233. The van der Waals surface area contributed by atoms with Gasteiger partial charge in [0.25, 0.3) is 0 Å². The molecule has 1 nitrogen and oxygen atoms in total. The molecule has 0 N–H and O–H groups in total. The Labute approximate surface area is 110 Å². The lowest BCUT2D eigenvalue weighted by Crippen LogP contribution is -2.29. The molecular weight excluding hydrogens is 206 g/mol. The summed E-state index contributed by atoms with van der Waals surface area (Å²) in [5.74, 6) is 0. The number of hydrogen-bond donors (Lipinski definition) is 0. The maximum Gasteiger partial charge on any atom is 0.0179 e. The van der Waals surface area contributed by atoms with Gasteiger partial charge in [-0.2, -0.15) is 0 Å². The van der Waals surface area contributed by atoms with E-state index in [1.54, 1.807) is 5.57 Å². The van der Waals surface area contributed by atoms with Gasteiger partial charge in [-0.15, -0.1) is 0 Å². The summed E-state index contributed by atoms with van der Waals surface area (Å²) in [6.45, 7) is 20.1. The predicted molar refractivity (Wildman–Crippen MR) is 81.3 cm³/mol. The Kier molecular flexibility index (Phi) is 7.87. The third-order valence-corrected chi connectivity index (χ3v) is 2.70. The van der Waals surface area contributed by atoms with Crippen molar-refractivity contribution in [2.75, 3.05) is 14.1 Å². The van der Waals surface area contributed by atoms with E-state index in [-0.39, 0.29) is 10.8 Å². The SMILES string of the molecule is CC.CC/C(=C(\N(C)C)C(C)(C)C)C(C)(C)C. The van der Waals surface area contributed by atoms with Gasteiger partial charge in [0.1, 0.15) is 0 Å². The molecule has 0 aliphatic rings. The largest absolute Gasteiger partial charge is 0.381 e. The van der Waals surface area contributed by atoms with Crippen molar-refractivity contribution in [1.82, 2.24) is 4.90 Å². The average molecular weight is 241 g/mol. The molecule has 0 radical (unpaired) electrons. The maximum atomic E-state index is 2.31. The summed E-state index contributed by atoms with van der Waals surface area (Å²) in [6, 6.07) is 0. The quantitative estimate of drug-likeness (QED) is 0.631. The lowest BCUT2D eigenvalue weighted by atomic mass is 9.77. The van der Waals surface area contributed by atoms with Crippen molar-refractivity contribution < 1.29 is 0 Å². The molecule has 1 heteroatoms. The summed E-state index contributed by atoms with van der Waals surface area (Å²) in [7, 11) is 4.31. The third-order valence-electron chi connectivity index (χ3n) is 2.70. The second-order valence-electron chi connectivity index (χ2n) is 6.58. The molecule has 0 amide bonds. The molecule has 0 atom stereocenters. The summed E-state index contributed by atoms with van der Waals surface area (Å²) in [4.78, 5) is 2.28. The van der Waals surface area contributed by atoms with Gasteiger partial charge in [0.05, 0.1) is 0 Å². The first-order chi connectivity index (χ1) is 7.51. The van der Waals surface area contributed by atoms with Crippen LogP contribution in [0.5, 0.6) is 0 Å². The van der Waals surface area contributed by atoms with Gasteiger partial charge in [-0.1, -0.05) is 62.3 Å². The summed E-state index contributed by atoms with van der Waals surface area (Å²) in [6.07, 6.45) is 1.13. The highest BCUT2D eigenvalue weighted by atomic mass is 15.1. The lowest BCUT2D eigenvalue weighted by molar-refractivity contribution is 0.322. The normalized spacial score (nSPS) is 13.6. The van der Waals surface area contributed by atoms with Crippen LogP contribution >= 0.6 is 0 Å². The smallest absolute Gasteiger partial charge is 0.0179 e. The number of allylic oxidation sites excluding steroid dienone is 2. The second-order valence-corrected chi connectivity index (χ2v) is 6.58. The Morgan fingerprint density at radius 2 is 1.18 bits per heavy atom. The molecule has 0 heterocycles. The zero-order chi connectivity index (χ0) is 14.4. The molecule has 104 valence electrons. The fourth-order valence-electron chi connectivity index (χ4n) is 2.45. The fourth-order valence-corrected chi connectivity index (χ4v) is 2.45. The Morgan fingerprint density at radius 3 is 1.24 bits per heavy atom.